The van der Waals surface area contributed by atoms with Crippen LogP contribution in [0.3, 0.4) is 0 Å². The predicted octanol–water partition coefficient (Wildman–Crippen LogP) is 4.16. The third-order valence-corrected chi connectivity index (χ3v) is 8.16. The second kappa shape index (κ2) is 9.40. The first-order valence-electron chi connectivity index (χ1n) is 9.84. The molecule has 1 aliphatic heterocycles. The maximum atomic E-state index is 13.2. The Labute approximate surface area is 191 Å². The van der Waals surface area contributed by atoms with Crippen molar-refractivity contribution >= 4 is 44.6 Å². The number of anilines is 1. The van der Waals surface area contributed by atoms with Crippen LogP contribution in [0.4, 0.5) is 5.69 Å². The Bertz CT molecular complexity index is 1140. The van der Waals surface area contributed by atoms with E-state index in [1.54, 1.807) is 40.6 Å². The summed E-state index contributed by atoms with van der Waals surface area (Å²) in [5.74, 6) is -0.171. The molecular weight excluding hydrogens is 454 g/mol. The van der Waals surface area contributed by atoms with Crippen molar-refractivity contribution in [1.29, 1.82) is 0 Å². The van der Waals surface area contributed by atoms with E-state index < -0.39 is 10.0 Å². The molecule has 0 saturated carbocycles. The first-order chi connectivity index (χ1) is 14.9. The topological polar surface area (TPSA) is 69.7 Å². The lowest BCUT2D eigenvalue weighted by molar-refractivity contribution is 0.0629. The van der Waals surface area contributed by atoms with E-state index in [0.717, 1.165) is 31.0 Å². The van der Waals surface area contributed by atoms with Crippen LogP contribution in [-0.4, -0.2) is 50.3 Å². The Kier molecular flexibility index (Phi) is 6.62. The van der Waals surface area contributed by atoms with Crippen molar-refractivity contribution in [2.45, 2.75) is 10.8 Å². The molecule has 1 saturated heterocycles. The molecule has 2 aromatic carbocycles. The SMILES string of the molecule is O=C(c1ccccc1NS(=O)(=O)c1cccs1)N1CCN(Cc2ccc(Cl)cc2)CC1. The Balaban J connectivity index is 1.42. The third kappa shape index (κ3) is 5.27. The van der Waals surface area contributed by atoms with Crippen molar-refractivity contribution in [3.63, 3.8) is 0 Å². The van der Waals surface area contributed by atoms with Crippen molar-refractivity contribution in [3.8, 4) is 0 Å². The molecule has 0 aliphatic carbocycles. The summed E-state index contributed by atoms with van der Waals surface area (Å²) in [4.78, 5) is 17.2. The van der Waals surface area contributed by atoms with Gasteiger partial charge in [-0.3, -0.25) is 14.4 Å². The molecule has 1 fully saturated rings. The maximum Gasteiger partial charge on any atom is 0.271 e. The fraction of sp³-hybridized carbons (Fsp3) is 0.227. The maximum absolute atomic E-state index is 13.2. The van der Waals surface area contributed by atoms with E-state index in [-0.39, 0.29) is 10.1 Å². The molecule has 1 N–H and O–H groups in total. The number of amides is 1. The van der Waals surface area contributed by atoms with Gasteiger partial charge < -0.3 is 4.90 Å². The van der Waals surface area contributed by atoms with E-state index in [0.29, 0.717) is 29.4 Å². The molecule has 1 aromatic heterocycles. The number of piperazine rings is 1. The zero-order chi connectivity index (χ0) is 21.8. The average Bonchev–Trinajstić information content (AvgIpc) is 3.32. The van der Waals surface area contributed by atoms with E-state index in [1.807, 2.05) is 24.3 Å². The molecule has 162 valence electrons. The van der Waals surface area contributed by atoms with Crippen LogP contribution in [0.25, 0.3) is 0 Å². The molecule has 9 heteroatoms. The highest BCUT2D eigenvalue weighted by atomic mass is 35.5. The van der Waals surface area contributed by atoms with Gasteiger partial charge in [0.25, 0.3) is 15.9 Å². The standard InChI is InChI=1S/C22H22ClN3O3S2/c23-18-9-7-17(8-10-18)16-25-11-13-26(14-12-25)22(27)19-4-1-2-5-20(19)24-31(28,29)21-6-3-15-30-21/h1-10,15,24H,11-14,16H2. The fourth-order valence-electron chi connectivity index (χ4n) is 3.50. The molecule has 0 spiro atoms. The molecule has 2 heterocycles. The summed E-state index contributed by atoms with van der Waals surface area (Å²) in [7, 11) is -3.72. The van der Waals surface area contributed by atoms with Gasteiger partial charge in [0.1, 0.15) is 4.21 Å². The normalized spacial score (nSPS) is 15.1. The number of thiophene rings is 1. The zero-order valence-corrected chi connectivity index (χ0v) is 19.1. The van der Waals surface area contributed by atoms with E-state index in [9.17, 15) is 13.2 Å². The minimum atomic E-state index is -3.72. The van der Waals surface area contributed by atoms with Crippen molar-refractivity contribution in [2.24, 2.45) is 0 Å². The van der Waals surface area contributed by atoms with E-state index in [2.05, 4.69) is 9.62 Å². The molecule has 0 bridgehead atoms. The van der Waals surface area contributed by atoms with Crippen molar-refractivity contribution < 1.29 is 13.2 Å². The monoisotopic (exact) mass is 475 g/mol. The van der Waals surface area contributed by atoms with Crippen molar-refractivity contribution in [1.82, 2.24) is 9.80 Å². The number of hydrogen-bond acceptors (Lipinski definition) is 5. The number of sulfonamides is 1. The number of carbonyl (C=O) groups excluding carboxylic acids is 1. The highest BCUT2D eigenvalue weighted by molar-refractivity contribution is 7.94. The van der Waals surface area contributed by atoms with Gasteiger partial charge in [0.15, 0.2) is 0 Å². The summed E-state index contributed by atoms with van der Waals surface area (Å²) in [6, 6.07) is 17.7. The van der Waals surface area contributed by atoms with Crippen molar-refractivity contribution in [2.75, 3.05) is 30.9 Å². The van der Waals surface area contributed by atoms with Crippen molar-refractivity contribution in [3.05, 3.63) is 82.2 Å². The molecule has 0 radical (unpaired) electrons. The average molecular weight is 476 g/mol. The second-order valence-electron chi connectivity index (χ2n) is 7.28. The summed E-state index contributed by atoms with van der Waals surface area (Å²) >= 11 is 7.08. The lowest BCUT2D eigenvalue weighted by Crippen LogP contribution is -2.48. The molecule has 6 nitrogen and oxygen atoms in total. The van der Waals surface area contributed by atoms with Gasteiger partial charge in [-0.15, -0.1) is 11.3 Å². The van der Waals surface area contributed by atoms with Crippen LogP contribution in [0, 0.1) is 0 Å². The van der Waals surface area contributed by atoms with Gasteiger partial charge in [0.2, 0.25) is 0 Å². The van der Waals surface area contributed by atoms with Crippen LogP contribution in [0.15, 0.2) is 70.3 Å². The summed E-state index contributed by atoms with van der Waals surface area (Å²) < 4.78 is 28.0. The fourth-order valence-corrected chi connectivity index (χ4v) is 5.70. The molecule has 31 heavy (non-hydrogen) atoms. The summed E-state index contributed by atoms with van der Waals surface area (Å²) in [6.45, 7) is 3.46. The number of benzene rings is 2. The van der Waals surface area contributed by atoms with Gasteiger partial charge in [-0.05, 0) is 41.3 Å². The molecule has 0 unspecified atom stereocenters. The predicted molar refractivity (Wildman–Crippen MR) is 124 cm³/mol. The zero-order valence-electron chi connectivity index (χ0n) is 16.7. The van der Waals surface area contributed by atoms with Crippen LogP contribution in [0.2, 0.25) is 5.02 Å². The van der Waals surface area contributed by atoms with Crippen LogP contribution in [0.1, 0.15) is 15.9 Å². The Morgan fingerprint density at radius 3 is 2.35 bits per heavy atom. The van der Waals surface area contributed by atoms with Gasteiger partial charge in [0.05, 0.1) is 11.3 Å². The molecule has 1 aliphatic rings. The molecule has 4 rings (SSSR count). The van der Waals surface area contributed by atoms with Crippen LogP contribution < -0.4 is 4.72 Å². The van der Waals surface area contributed by atoms with Crippen LogP contribution >= 0.6 is 22.9 Å². The Hall–Kier alpha value is -2.39. The van der Waals surface area contributed by atoms with Gasteiger partial charge in [0, 0.05) is 37.7 Å². The highest BCUT2D eigenvalue weighted by Gasteiger charge is 2.25. The van der Waals surface area contributed by atoms with Gasteiger partial charge in [-0.1, -0.05) is 41.9 Å². The minimum Gasteiger partial charge on any atom is -0.336 e. The smallest absolute Gasteiger partial charge is 0.271 e. The third-order valence-electron chi connectivity index (χ3n) is 5.14. The highest BCUT2D eigenvalue weighted by Crippen LogP contribution is 2.24. The molecule has 3 aromatic rings. The number of halogens is 1. The Morgan fingerprint density at radius 1 is 0.968 bits per heavy atom. The summed E-state index contributed by atoms with van der Waals surface area (Å²) in [6.07, 6.45) is 0. The molecule has 1 amide bonds. The van der Waals surface area contributed by atoms with E-state index >= 15 is 0 Å². The lowest BCUT2D eigenvalue weighted by Gasteiger charge is -2.35. The van der Waals surface area contributed by atoms with E-state index in [4.69, 9.17) is 11.6 Å². The first kappa shape index (κ1) is 21.8. The summed E-state index contributed by atoms with van der Waals surface area (Å²) in [5, 5.41) is 2.42. The minimum absolute atomic E-state index is 0.171. The largest absolute Gasteiger partial charge is 0.336 e. The number of carbonyl (C=O) groups is 1. The number of para-hydroxylation sites is 1. The molecular formula is C22H22ClN3O3S2. The lowest BCUT2D eigenvalue weighted by atomic mass is 10.1. The Morgan fingerprint density at radius 2 is 1.68 bits per heavy atom. The first-order valence-corrected chi connectivity index (χ1v) is 12.6. The number of nitrogens with zero attached hydrogens (tertiary/aromatic N) is 2. The van der Waals surface area contributed by atoms with Gasteiger partial charge in [-0.25, -0.2) is 8.42 Å². The van der Waals surface area contributed by atoms with Gasteiger partial charge >= 0.3 is 0 Å². The summed E-state index contributed by atoms with van der Waals surface area (Å²) in [5.41, 5.74) is 1.83. The number of rotatable bonds is 6. The van der Waals surface area contributed by atoms with E-state index in [1.165, 1.54) is 11.6 Å². The van der Waals surface area contributed by atoms with Crippen LogP contribution in [-0.2, 0) is 16.6 Å². The quantitative estimate of drug-likeness (QED) is 0.581. The second-order valence-corrected chi connectivity index (χ2v) is 10.6. The van der Waals surface area contributed by atoms with Gasteiger partial charge in [-0.2, -0.15) is 0 Å². The number of hydrogen-bond donors (Lipinski definition) is 1. The number of nitrogens with one attached hydrogen (secondary N) is 1. The molecule has 0 atom stereocenters. The van der Waals surface area contributed by atoms with Crippen LogP contribution in [0.5, 0.6) is 0 Å².